The van der Waals surface area contributed by atoms with Crippen molar-refractivity contribution in [1.82, 2.24) is 0 Å². The van der Waals surface area contributed by atoms with Gasteiger partial charge in [-0.25, -0.2) is 0 Å². The van der Waals surface area contributed by atoms with Crippen molar-refractivity contribution in [2.45, 2.75) is 59.6 Å². The van der Waals surface area contributed by atoms with Crippen LogP contribution in [0.1, 0.15) is 47.1 Å². The van der Waals surface area contributed by atoms with E-state index in [9.17, 15) is 0 Å². The zero-order valence-electron chi connectivity index (χ0n) is 17.4. The highest BCUT2D eigenvalue weighted by atomic mass is 16.5. The van der Waals surface area contributed by atoms with Crippen molar-refractivity contribution in [2.75, 3.05) is 4.90 Å². The topological polar surface area (TPSA) is 21.7 Å². The van der Waals surface area contributed by atoms with Crippen molar-refractivity contribution in [1.29, 1.82) is 0 Å². The lowest BCUT2D eigenvalue weighted by Crippen LogP contribution is -2.39. The Kier molecular flexibility index (Phi) is 4.98. The summed E-state index contributed by atoms with van der Waals surface area (Å²) in [5.41, 5.74) is 2.69. The van der Waals surface area contributed by atoms with Gasteiger partial charge in [0.2, 0.25) is 0 Å². The lowest BCUT2D eigenvalue weighted by Gasteiger charge is -2.32. The van der Waals surface area contributed by atoms with Crippen LogP contribution in [0.5, 0.6) is 11.5 Å². The van der Waals surface area contributed by atoms with E-state index in [2.05, 4.69) is 77.3 Å². The van der Waals surface area contributed by atoms with E-state index in [-0.39, 0.29) is 11.0 Å². The minimum atomic E-state index is 0.00366. The quantitative estimate of drug-likeness (QED) is 0.555. The number of rotatable bonds is 0. The van der Waals surface area contributed by atoms with E-state index < -0.39 is 0 Å². The van der Waals surface area contributed by atoms with Crippen LogP contribution in [0.3, 0.4) is 0 Å². The van der Waals surface area contributed by atoms with E-state index in [1.54, 1.807) is 0 Å². The molecule has 0 aromatic heterocycles. The zero-order chi connectivity index (χ0) is 19.8. The molecule has 27 heavy (non-hydrogen) atoms. The Morgan fingerprint density at radius 1 is 0.889 bits per heavy atom. The normalized spacial score (nSPS) is 18.1. The number of ether oxygens (including phenoxy) is 2. The minimum Gasteiger partial charge on any atom is -0.489 e. The van der Waals surface area contributed by atoms with Gasteiger partial charge in [0, 0.05) is 12.0 Å². The fourth-order valence-electron chi connectivity index (χ4n) is 3.44. The molecule has 2 heterocycles. The molecule has 0 radical (unpaired) electrons. The second-order valence-electron chi connectivity index (χ2n) is 9.25. The standard InChI is InChI=1S/C12H15NO.C12H16O/c1-9-13(12(2,3)4)10-7-5-6-8-11(10)14-9;1-12(2,3)11-8-9-6-4-5-7-10(9)13-11/h5-8H,1H2,2-4H3;4-7,11H,8H2,1-3H3. The van der Waals surface area contributed by atoms with Gasteiger partial charge >= 0.3 is 0 Å². The molecule has 2 aromatic rings. The van der Waals surface area contributed by atoms with Gasteiger partial charge in [0.25, 0.3) is 0 Å². The Morgan fingerprint density at radius 2 is 1.48 bits per heavy atom. The van der Waals surface area contributed by atoms with Crippen molar-refractivity contribution in [2.24, 2.45) is 5.41 Å². The number of para-hydroxylation sites is 3. The Bertz CT molecular complexity index is 802. The Balaban J connectivity index is 0.000000156. The minimum absolute atomic E-state index is 0.00366. The highest BCUT2D eigenvalue weighted by Gasteiger charge is 2.33. The van der Waals surface area contributed by atoms with Crippen LogP contribution in [0, 0.1) is 5.41 Å². The first-order valence-electron chi connectivity index (χ1n) is 9.58. The Hall–Kier alpha value is -2.42. The van der Waals surface area contributed by atoms with Crippen LogP contribution >= 0.6 is 0 Å². The Morgan fingerprint density at radius 3 is 2.07 bits per heavy atom. The summed E-state index contributed by atoms with van der Waals surface area (Å²) in [6.45, 7) is 17.0. The van der Waals surface area contributed by atoms with Crippen molar-refractivity contribution in [3.63, 3.8) is 0 Å². The van der Waals surface area contributed by atoms with Gasteiger partial charge in [0.1, 0.15) is 11.9 Å². The van der Waals surface area contributed by atoms with Crippen LogP contribution in [0.4, 0.5) is 5.69 Å². The summed E-state index contributed by atoms with van der Waals surface area (Å²) in [5, 5.41) is 0. The number of fused-ring (bicyclic) bond motifs is 2. The van der Waals surface area contributed by atoms with Crippen molar-refractivity contribution < 1.29 is 9.47 Å². The average Bonchev–Trinajstić information content (AvgIpc) is 3.14. The fraction of sp³-hybridized carbons (Fsp3) is 0.417. The first kappa shape index (κ1) is 19.3. The van der Waals surface area contributed by atoms with E-state index in [1.165, 1.54) is 5.56 Å². The highest BCUT2D eigenvalue weighted by molar-refractivity contribution is 5.67. The van der Waals surface area contributed by atoms with Crippen molar-refractivity contribution >= 4 is 5.69 Å². The molecule has 4 rings (SSSR count). The molecule has 2 aliphatic heterocycles. The van der Waals surface area contributed by atoms with Crippen molar-refractivity contribution in [3.05, 3.63) is 66.6 Å². The molecule has 0 fully saturated rings. The molecule has 3 heteroatoms. The largest absolute Gasteiger partial charge is 0.489 e. The summed E-state index contributed by atoms with van der Waals surface area (Å²) in [6, 6.07) is 16.3. The molecule has 1 unspecified atom stereocenters. The molecule has 0 aliphatic carbocycles. The van der Waals surface area contributed by atoms with Crippen molar-refractivity contribution in [3.8, 4) is 11.5 Å². The zero-order valence-corrected chi connectivity index (χ0v) is 17.4. The monoisotopic (exact) mass is 365 g/mol. The van der Waals surface area contributed by atoms with Gasteiger partial charge in [-0.15, -0.1) is 0 Å². The molecule has 1 atom stereocenters. The number of benzene rings is 2. The second kappa shape index (κ2) is 6.95. The van der Waals surface area contributed by atoms with Gasteiger partial charge in [-0.3, -0.25) is 0 Å². The average molecular weight is 366 g/mol. The van der Waals surface area contributed by atoms with Gasteiger partial charge in [-0.05, 0) is 56.5 Å². The summed E-state index contributed by atoms with van der Waals surface area (Å²) in [6.07, 6.45) is 1.39. The maximum absolute atomic E-state index is 5.87. The van der Waals surface area contributed by atoms with Gasteiger partial charge in [0.15, 0.2) is 11.6 Å². The summed E-state index contributed by atoms with van der Waals surface area (Å²) in [4.78, 5) is 2.11. The highest BCUT2D eigenvalue weighted by Crippen LogP contribution is 2.42. The molecule has 0 saturated carbocycles. The van der Waals surface area contributed by atoms with Crippen LogP contribution < -0.4 is 14.4 Å². The second-order valence-corrected chi connectivity index (χ2v) is 9.25. The molecule has 0 amide bonds. The molecular weight excluding hydrogens is 334 g/mol. The maximum Gasteiger partial charge on any atom is 0.193 e. The van der Waals surface area contributed by atoms with Gasteiger partial charge in [-0.2, -0.15) is 0 Å². The lowest BCUT2D eigenvalue weighted by molar-refractivity contribution is 0.109. The number of hydrogen-bond acceptors (Lipinski definition) is 3. The molecule has 3 nitrogen and oxygen atoms in total. The van der Waals surface area contributed by atoms with Crippen LogP contribution in [0.25, 0.3) is 0 Å². The summed E-state index contributed by atoms with van der Waals surface area (Å²) >= 11 is 0. The van der Waals surface area contributed by atoms with E-state index in [0.717, 1.165) is 23.6 Å². The van der Waals surface area contributed by atoms with Crippen LogP contribution in [0.15, 0.2) is 61.0 Å². The van der Waals surface area contributed by atoms with Gasteiger partial charge < -0.3 is 14.4 Å². The molecule has 0 saturated heterocycles. The van der Waals surface area contributed by atoms with Gasteiger partial charge in [-0.1, -0.05) is 51.1 Å². The molecule has 0 spiro atoms. The van der Waals surface area contributed by atoms with E-state index >= 15 is 0 Å². The van der Waals surface area contributed by atoms with E-state index in [1.807, 2.05) is 24.3 Å². The number of hydrogen-bond donors (Lipinski definition) is 0. The van der Waals surface area contributed by atoms with Gasteiger partial charge in [0.05, 0.1) is 5.69 Å². The van der Waals surface area contributed by atoms with Crippen LogP contribution in [0.2, 0.25) is 0 Å². The third kappa shape index (κ3) is 4.13. The molecular formula is C24H31NO2. The fourth-order valence-corrected chi connectivity index (χ4v) is 3.44. The molecule has 144 valence electrons. The predicted octanol–water partition coefficient (Wildman–Crippen LogP) is 6.19. The molecule has 2 aliphatic rings. The Labute approximate surface area is 163 Å². The van der Waals surface area contributed by atoms with E-state index in [0.29, 0.717) is 12.0 Å². The number of nitrogens with zero attached hydrogens (tertiary/aromatic N) is 1. The molecule has 2 aromatic carbocycles. The molecule has 0 bridgehead atoms. The van der Waals surface area contributed by atoms with Crippen LogP contribution in [-0.2, 0) is 6.42 Å². The summed E-state index contributed by atoms with van der Waals surface area (Å²) < 4.78 is 11.4. The predicted molar refractivity (Wildman–Crippen MR) is 112 cm³/mol. The lowest BCUT2D eigenvalue weighted by atomic mass is 9.87. The first-order valence-corrected chi connectivity index (χ1v) is 9.58. The van der Waals surface area contributed by atoms with E-state index in [4.69, 9.17) is 9.47 Å². The maximum atomic E-state index is 5.87. The summed E-state index contributed by atoms with van der Waals surface area (Å²) in [5.74, 6) is 2.67. The SMILES string of the molecule is C=C1Oc2ccccc2N1C(C)(C)C.CC(C)(C)C1Cc2ccccc2O1. The number of anilines is 1. The molecule has 0 N–H and O–H groups in total. The third-order valence-electron chi connectivity index (χ3n) is 4.87. The van der Waals surface area contributed by atoms with Crippen LogP contribution in [-0.4, -0.2) is 11.6 Å². The third-order valence-corrected chi connectivity index (χ3v) is 4.87. The smallest absolute Gasteiger partial charge is 0.193 e. The summed E-state index contributed by atoms with van der Waals surface area (Å²) in [7, 11) is 0. The first-order chi connectivity index (χ1) is 12.6.